The van der Waals surface area contributed by atoms with Crippen molar-refractivity contribution in [2.24, 2.45) is 0 Å². The van der Waals surface area contributed by atoms with Crippen molar-refractivity contribution < 1.29 is 31.6 Å². The zero-order valence-corrected chi connectivity index (χ0v) is 22.3. The van der Waals surface area contributed by atoms with E-state index in [0.29, 0.717) is 24.0 Å². The molecule has 2 atom stereocenters. The fourth-order valence-electron chi connectivity index (χ4n) is 4.92. The second-order valence-electron chi connectivity index (χ2n) is 9.85. The molecule has 1 fully saturated rings. The topological polar surface area (TPSA) is 97.5 Å². The lowest BCUT2D eigenvalue weighted by molar-refractivity contribution is -0.139. The van der Waals surface area contributed by atoms with Gasteiger partial charge in [0.1, 0.15) is 25.9 Å². The van der Waals surface area contributed by atoms with Gasteiger partial charge in [-0.2, -0.15) is 18.2 Å². The Hall–Kier alpha value is -4.13. The van der Waals surface area contributed by atoms with Crippen LogP contribution in [0.5, 0.6) is 0 Å². The number of rotatable bonds is 9. The van der Waals surface area contributed by atoms with E-state index in [1.807, 2.05) is 42.2 Å². The normalized spacial score (nSPS) is 18.0. The third kappa shape index (κ3) is 6.96. The Morgan fingerprint density at radius 3 is 2.71 bits per heavy atom. The molecule has 5 rings (SSSR count). The van der Waals surface area contributed by atoms with Gasteiger partial charge in [0.2, 0.25) is 11.7 Å². The van der Waals surface area contributed by atoms with Gasteiger partial charge in [0.15, 0.2) is 0 Å². The number of benzene rings is 2. The van der Waals surface area contributed by atoms with Gasteiger partial charge in [-0.1, -0.05) is 48.5 Å². The molecule has 1 aliphatic heterocycles. The summed E-state index contributed by atoms with van der Waals surface area (Å²) in [6.07, 6.45) is -5.80. The van der Waals surface area contributed by atoms with E-state index < -0.39 is 31.0 Å². The Morgan fingerprint density at radius 1 is 1.17 bits per heavy atom. The number of hydrogen-bond donors (Lipinski definition) is 2. The summed E-state index contributed by atoms with van der Waals surface area (Å²) < 4.78 is 67.2. The number of amides is 1. The van der Waals surface area contributed by atoms with E-state index in [9.17, 15) is 22.4 Å². The van der Waals surface area contributed by atoms with Crippen LogP contribution in [0.15, 0.2) is 59.1 Å². The van der Waals surface area contributed by atoms with Gasteiger partial charge in [-0.15, -0.1) is 0 Å². The molecule has 9 nitrogen and oxygen atoms in total. The Kier molecular flexibility index (Phi) is 8.43. The number of anilines is 1. The molecule has 1 amide bonds. The molecule has 0 spiro atoms. The number of carbonyl (C=O) groups excluding carboxylic acids is 1. The quantitative estimate of drug-likeness (QED) is 0.254. The number of nitrogens with zero attached hydrogens (tertiary/aromatic N) is 4. The number of fused-ring (bicyclic) bond motifs is 1. The van der Waals surface area contributed by atoms with Crippen LogP contribution in [0.4, 0.5) is 28.0 Å². The monoisotopic (exact) mass is 574 g/mol. The van der Waals surface area contributed by atoms with Crippen LogP contribution < -0.4 is 10.6 Å². The maximum absolute atomic E-state index is 14.9. The number of aromatic nitrogens is 3. The van der Waals surface area contributed by atoms with Crippen LogP contribution in [0.1, 0.15) is 24.8 Å². The SMILES string of the molecule is CCN1CC[C@@H](Nc2cccc3c2cc(-c2noc(CNC(=O)OCc4ccccc4)n2)n3CC(F)(F)F)[C@@H](F)C1. The number of halogens is 4. The fourth-order valence-corrected chi connectivity index (χ4v) is 4.92. The predicted octanol–water partition coefficient (Wildman–Crippen LogP) is 5.52. The molecule has 4 aromatic rings. The van der Waals surface area contributed by atoms with Crippen LogP contribution in [-0.2, 0) is 24.4 Å². The van der Waals surface area contributed by atoms with Crippen LogP contribution in [0.2, 0.25) is 0 Å². The average molecular weight is 575 g/mol. The van der Waals surface area contributed by atoms with Gasteiger partial charge >= 0.3 is 12.3 Å². The molecule has 2 N–H and O–H groups in total. The van der Waals surface area contributed by atoms with Crippen LogP contribution in [0.25, 0.3) is 22.4 Å². The number of alkyl carbamates (subject to hydrolysis) is 1. The lowest BCUT2D eigenvalue weighted by atomic mass is 10.0. The number of alkyl halides is 4. The smallest absolute Gasteiger partial charge is 0.407 e. The summed E-state index contributed by atoms with van der Waals surface area (Å²) in [7, 11) is 0. The van der Waals surface area contributed by atoms with Gasteiger partial charge in [0.25, 0.3) is 0 Å². The zero-order chi connectivity index (χ0) is 29.0. The van der Waals surface area contributed by atoms with E-state index in [-0.39, 0.29) is 36.1 Å². The Labute approximate surface area is 233 Å². The second kappa shape index (κ2) is 12.2. The molecule has 2 aromatic carbocycles. The van der Waals surface area contributed by atoms with Gasteiger partial charge in [-0.05, 0) is 36.7 Å². The summed E-state index contributed by atoms with van der Waals surface area (Å²) in [5.74, 6) is -0.0905. The van der Waals surface area contributed by atoms with E-state index in [1.54, 1.807) is 18.2 Å². The first-order chi connectivity index (χ1) is 19.7. The van der Waals surface area contributed by atoms with Crippen molar-refractivity contribution in [1.82, 2.24) is 24.9 Å². The van der Waals surface area contributed by atoms with Crippen molar-refractivity contribution in [2.75, 3.05) is 25.0 Å². The van der Waals surface area contributed by atoms with Crippen molar-refractivity contribution in [1.29, 1.82) is 0 Å². The number of piperidine rings is 1. The first-order valence-corrected chi connectivity index (χ1v) is 13.3. The largest absolute Gasteiger partial charge is 0.445 e. The Bertz CT molecular complexity index is 1470. The molecule has 0 bridgehead atoms. The summed E-state index contributed by atoms with van der Waals surface area (Å²) >= 11 is 0. The summed E-state index contributed by atoms with van der Waals surface area (Å²) in [4.78, 5) is 18.3. The number of likely N-dealkylation sites (tertiary alicyclic amines) is 1. The van der Waals surface area contributed by atoms with E-state index in [1.165, 1.54) is 6.07 Å². The Morgan fingerprint density at radius 2 is 1.98 bits per heavy atom. The molecule has 41 heavy (non-hydrogen) atoms. The van der Waals surface area contributed by atoms with Crippen molar-refractivity contribution >= 4 is 22.7 Å². The molecule has 1 aliphatic rings. The van der Waals surface area contributed by atoms with Gasteiger partial charge in [-0.3, -0.25) is 0 Å². The third-order valence-corrected chi connectivity index (χ3v) is 6.99. The summed E-state index contributed by atoms with van der Waals surface area (Å²) in [5, 5.41) is 10.0. The van der Waals surface area contributed by atoms with Crippen molar-refractivity contribution in [2.45, 2.75) is 51.4 Å². The highest BCUT2D eigenvalue weighted by molar-refractivity contribution is 5.96. The molecule has 0 unspecified atom stereocenters. The molecular weight excluding hydrogens is 544 g/mol. The maximum Gasteiger partial charge on any atom is 0.407 e. The summed E-state index contributed by atoms with van der Waals surface area (Å²) in [5.41, 5.74) is 1.69. The molecule has 0 aliphatic carbocycles. The summed E-state index contributed by atoms with van der Waals surface area (Å²) in [6.45, 7) is 2.35. The lowest BCUT2D eigenvalue weighted by Crippen LogP contribution is -2.47. The molecule has 1 saturated heterocycles. The van der Waals surface area contributed by atoms with Crippen molar-refractivity contribution in [3.63, 3.8) is 0 Å². The standard InChI is InChI=1S/C28H30F4N6O3/c1-2-37-12-11-22(20(29)15-37)34-21-9-6-10-23-19(21)13-24(38(23)17-28(30,31)32)26-35-25(41-36-26)14-33-27(39)40-16-18-7-4-3-5-8-18/h3-10,13,20,22,34H,2,11-12,14-17H2,1H3,(H,33,39)/t20-,22+/m0/s1. The van der Waals surface area contributed by atoms with Gasteiger partial charge in [-0.25, -0.2) is 9.18 Å². The molecule has 0 saturated carbocycles. The van der Waals surface area contributed by atoms with Gasteiger partial charge in [0, 0.05) is 24.2 Å². The Balaban J connectivity index is 1.35. The van der Waals surface area contributed by atoms with Crippen LogP contribution in [-0.4, -0.2) is 63.7 Å². The minimum Gasteiger partial charge on any atom is -0.445 e. The molecule has 3 heterocycles. The van der Waals surface area contributed by atoms with E-state index in [0.717, 1.165) is 23.2 Å². The van der Waals surface area contributed by atoms with Crippen molar-refractivity contribution in [3.05, 3.63) is 66.1 Å². The number of hydrogen-bond acceptors (Lipinski definition) is 7. The molecule has 13 heteroatoms. The lowest BCUT2D eigenvalue weighted by Gasteiger charge is -2.35. The van der Waals surface area contributed by atoms with Gasteiger partial charge < -0.3 is 29.4 Å². The van der Waals surface area contributed by atoms with Crippen LogP contribution in [0, 0.1) is 0 Å². The van der Waals surface area contributed by atoms with Crippen molar-refractivity contribution in [3.8, 4) is 11.5 Å². The minimum atomic E-state index is -4.53. The highest BCUT2D eigenvalue weighted by atomic mass is 19.4. The maximum atomic E-state index is 14.9. The van der Waals surface area contributed by atoms with E-state index >= 15 is 0 Å². The first kappa shape index (κ1) is 28.4. The average Bonchev–Trinajstić information content (AvgIpc) is 3.57. The molecular formula is C28H30F4N6O3. The summed E-state index contributed by atoms with van der Waals surface area (Å²) in [6, 6.07) is 15.1. The highest BCUT2D eigenvalue weighted by Gasteiger charge is 2.32. The number of ether oxygens (including phenoxy) is 1. The first-order valence-electron chi connectivity index (χ1n) is 13.3. The van der Waals surface area contributed by atoms with Crippen LogP contribution in [0.3, 0.4) is 0 Å². The fraction of sp³-hybridized carbons (Fsp3) is 0.393. The highest BCUT2D eigenvalue weighted by Crippen LogP contribution is 2.35. The third-order valence-electron chi connectivity index (χ3n) is 6.99. The number of carbonyl (C=O) groups is 1. The van der Waals surface area contributed by atoms with Crippen LogP contribution >= 0.6 is 0 Å². The number of nitrogens with one attached hydrogen (secondary N) is 2. The molecule has 218 valence electrons. The van der Waals surface area contributed by atoms with Gasteiger partial charge in [0.05, 0.1) is 17.3 Å². The predicted molar refractivity (Wildman–Crippen MR) is 144 cm³/mol. The minimum absolute atomic E-state index is 0.0122. The van der Waals surface area contributed by atoms with E-state index in [2.05, 4.69) is 20.8 Å². The molecule has 0 radical (unpaired) electrons. The second-order valence-corrected chi connectivity index (χ2v) is 9.85. The molecule has 2 aromatic heterocycles. The zero-order valence-electron chi connectivity index (χ0n) is 22.3. The van der Waals surface area contributed by atoms with E-state index in [4.69, 9.17) is 9.26 Å².